The Hall–Kier alpha value is -2.29. The fraction of sp³-hybridized carbons (Fsp3) is 0.462. The van der Waals surface area contributed by atoms with E-state index in [0.717, 1.165) is 0 Å². The topological polar surface area (TPSA) is 113 Å². The zero-order valence-electron chi connectivity index (χ0n) is 12.4. The molecule has 0 aliphatic heterocycles. The van der Waals surface area contributed by atoms with Crippen LogP contribution in [0.1, 0.15) is 35.8 Å². The molecule has 0 radical (unpaired) electrons. The van der Waals surface area contributed by atoms with Gasteiger partial charge in [-0.3, -0.25) is 9.59 Å². The minimum absolute atomic E-state index is 0.231. The molecule has 9 heteroatoms. The summed E-state index contributed by atoms with van der Waals surface area (Å²) >= 11 is 1.34. The summed E-state index contributed by atoms with van der Waals surface area (Å²) in [6, 6.07) is 3.52. The summed E-state index contributed by atoms with van der Waals surface area (Å²) in [6.07, 6.45) is 1.32. The lowest BCUT2D eigenvalue weighted by Gasteiger charge is -2.24. The number of carbonyl (C=O) groups excluding carboxylic acids is 2. The molecule has 2 rings (SSSR count). The molecule has 2 heterocycles. The number of hydrogen-bond acceptors (Lipinski definition) is 6. The summed E-state index contributed by atoms with van der Waals surface area (Å²) in [4.78, 5) is 24.7. The largest absolute Gasteiger partial charge is 0.354 e. The van der Waals surface area contributed by atoms with Crippen molar-refractivity contribution in [3.63, 3.8) is 0 Å². The number of nitrogens with one attached hydrogen (secondary N) is 3. The first kappa shape index (κ1) is 16.1. The van der Waals surface area contributed by atoms with Crippen LogP contribution >= 0.6 is 11.3 Å². The van der Waals surface area contributed by atoms with E-state index in [1.165, 1.54) is 11.3 Å². The molecule has 0 spiro atoms. The van der Waals surface area contributed by atoms with Crippen LogP contribution in [-0.4, -0.2) is 44.5 Å². The van der Waals surface area contributed by atoms with Crippen LogP contribution in [0.15, 0.2) is 17.5 Å². The van der Waals surface area contributed by atoms with Crippen LogP contribution in [0.4, 0.5) is 0 Å². The molecular formula is C13H18N6O2S. The lowest BCUT2D eigenvalue weighted by atomic mass is 10.0. The molecule has 0 aliphatic carbocycles. The van der Waals surface area contributed by atoms with E-state index in [0.29, 0.717) is 30.1 Å². The van der Waals surface area contributed by atoms with Crippen LogP contribution in [-0.2, 0) is 11.2 Å². The highest BCUT2D eigenvalue weighted by Gasteiger charge is 2.29. The Bertz CT molecular complexity index is 609. The number of rotatable bonds is 7. The van der Waals surface area contributed by atoms with Gasteiger partial charge < -0.3 is 10.6 Å². The SMILES string of the molecule is CC(C)(NC(=O)c1cccs1)C(=O)NCCCc1nn[nH]n1. The lowest BCUT2D eigenvalue weighted by molar-refractivity contribution is -0.126. The minimum atomic E-state index is -0.979. The number of carbonyl (C=O) groups is 2. The zero-order chi connectivity index (χ0) is 16.0. The van der Waals surface area contributed by atoms with Gasteiger partial charge in [0, 0.05) is 13.0 Å². The van der Waals surface area contributed by atoms with Gasteiger partial charge in [0.2, 0.25) is 5.91 Å². The number of aryl methyl sites for hydroxylation is 1. The van der Waals surface area contributed by atoms with Crippen molar-refractivity contribution in [3.8, 4) is 0 Å². The Kier molecular flexibility index (Phi) is 5.21. The normalized spacial score (nSPS) is 11.2. The van der Waals surface area contributed by atoms with Gasteiger partial charge in [-0.15, -0.1) is 21.5 Å². The number of aromatic amines is 1. The molecule has 0 saturated heterocycles. The molecule has 22 heavy (non-hydrogen) atoms. The molecule has 0 fully saturated rings. The second-order valence-electron chi connectivity index (χ2n) is 5.24. The van der Waals surface area contributed by atoms with E-state index in [1.807, 2.05) is 5.38 Å². The minimum Gasteiger partial charge on any atom is -0.354 e. The van der Waals surface area contributed by atoms with Crippen molar-refractivity contribution >= 4 is 23.2 Å². The first-order valence-corrected chi connectivity index (χ1v) is 7.73. The Morgan fingerprint density at radius 2 is 2.23 bits per heavy atom. The third kappa shape index (κ3) is 4.35. The number of aromatic nitrogens is 4. The fourth-order valence-corrected chi connectivity index (χ4v) is 2.39. The average Bonchev–Trinajstić information content (AvgIpc) is 3.15. The number of hydrogen-bond donors (Lipinski definition) is 3. The molecule has 3 N–H and O–H groups in total. The Balaban J connectivity index is 1.76. The summed E-state index contributed by atoms with van der Waals surface area (Å²) in [7, 11) is 0. The Morgan fingerprint density at radius 3 is 2.86 bits per heavy atom. The maximum absolute atomic E-state index is 12.2. The van der Waals surface area contributed by atoms with Gasteiger partial charge in [-0.25, -0.2) is 0 Å². The molecular weight excluding hydrogens is 304 g/mol. The van der Waals surface area contributed by atoms with E-state index >= 15 is 0 Å². The highest BCUT2D eigenvalue weighted by atomic mass is 32.1. The monoisotopic (exact) mass is 322 g/mol. The number of H-pyrrole nitrogens is 1. The summed E-state index contributed by atoms with van der Waals surface area (Å²) in [5.74, 6) is 0.131. The summed E-state index contributed by atoms with van der Waals surface area (Å²) in [6.45, 7) is 3.83. The second-order valence-corrected chi connectivity index (χ2v) is 6.19. The van der Waals surface area contributed by atoms with Crippen LogP contribution in [0.5, 0.6) is 0 Å². The molecule has 0 bridgehead atoms. The summed E-state index contributed by atoms with van der Waals surface area (Å²) in [5, 5.41) is 20.9. The first-order valence-electron chi connectivity index (χ1n) is 6.85. The number of nitrogens with zero attached hydrogens (tertiary/aromatic N) is 3. The third-order valence-electron chi connectivity index (χ3n) is 2.99. The van der Waals surface area contributed by atoms with E-state index in [4.69, 9.17) is 0 Å². The van der Waals surface area contributed by atoms with Crippen LogP contribution < -0.4 is 10.6 Å². The zero-order valence-corrected chi connectivity index (χ0v) is 13.2. The van der Waals surface area contributed by atoms with Crippen molar-refractivity contribution in [1.29, 1.82) is 0 Å². The van der Waals surface area contributed by atoms with Crippen molar-refractivity contribution < 1.29 is 9.59 Å². The molecule has 0 unspecified atom stereocenters. The van der Waals surface area contributed by atoms with Crippen molar-refractivity contribution in [3.05, 3.63) is 28.2 Å². The van der Waals surface area contributed by atoms with Gasteiger partial charge >= 0.3 is 0 Å². The maximum atomic E-state index is 12.2. The molecule has 118 valence electrons. The molecule has 2 amide bonds. The molecule has 0 saturated carbocycles. The van der Waals surface area contributed by atoms with E-state index in [-0.39, 0.29) is 11.8 Å². The lowest BCUT2D eigenvalue weighted by Crippen LogP contribution is -2.54. The van der Waals surface area contributed by atoms with Gasteiger partial charge in [-0.2, -0.15) is 5.21 Å². The van der Waals surface area contributed by atoms with E-state index < -0.39 is 5.54 Å². The van der Waals surface area contributed by atoms with E-state index in [9.17, 15) is 9.59 Å². The summed E-state index contributed by atoms with van der Waals surface area (Å²) < 4.78 is 0. The van der Waals surface area contributed by atoms with Gasteiger partial charge in [0.1, 0.15) is 5.54 Å². The Labute approximate surface area is 131 Å². The van der Waals surface area contributed by atoms with Crippen LogP contribution in [0.3, 0.4) is 0 Å². The molecule has 2 aromatic heterocycles. The molecule has 0 aromatic carbocycles. The quantitative estimate of drug-likeness (QED) is 0.643. The van der Waals surface area contributed by atoms with E-state index in [2.05, 4.69) is 31.3 Å². The predicted molar refractivity (Wildman–Crippen MR) is 81.4 cm³/mol. The van der Waals surface area contributed by atoms with Crippen LogP contribution in [0, 0.1) is 0 Å². The maximum Gasteiger partial charge on any atom is 0.262 e. The molecule has 0 aliphatic rings. The highest BCUT2D eigenvalue weighted by molar-refractivity contribution is 7.12. The molecule has 8 nitrogen and oxygen atoms in total. The second kappa shape index (κ2) is 7.12. The number of amides is 2. The highest BCUT2D eigenvalue weighted by Crippen LogP contribution is 2.11. The Morgan fingerprint density at radius 1 is 1.41 bits per heavy atom. The standard InChI is InChI=1S/C13H18N6O2S/c1-13(2,15-11(20)9-5-4-8-22-9)12(21)14-7-3-6-10-16-18-19-17-10/h4-5,8H,3,6-7H2,1-2H3,(H,14,21)(H,15,20)(H,16,17,18,19). The molecule has 0 atom stereocenters. The summed E-state index contributed by atoms with van der Waals surface area (Å²) in [5.41, 5.74) is -0.979. The van der Waals surface area contributed by atoms with Gasteiger partial charge in [0.25, 0.3) is 5.91 Å². The van der Waals surface area contributed by atoms with Crippen molar-refractivity contribution in [2.24, 2.45) is 0 Å². The smallest absolute Gasteiger partial charge is 0.262 e. The van der Waals surface area contributed by atoms with Crippen molar-refractivity contribution in [2.75, 3.05) is 6.54 Å². The molecule has 2 aromatic rings. The van der Waals surface area contributed by atoms with Gasteiger partial charge in [0.15, 0.2) is 5.82 Å². The third-order valence-corrected chi connectivity index (χ3v) is 3.86. The van der Waals surface area contributed by atoms with Gasteiger partial charge in [-0.05, 0) is 31.7 Å². The fourth-order valence-electron chi connectivity index (χ4n) is 1.77. The van der Waals surface area contributed by atoms with Crippen LogP contribution in [0.25, 0.3) is 0 Å². The van der Waals surface area contributed by atoms with Gasteiger partial charge in [0.05, 0.1) is 4.88 Å². The van der Waals surface area contributed by atoms with Crippen molar-refractivity contribution in [1.82, 2.24) is 31.3 Å². The van der Waals surface area contributed by atoms with E-state index in [1.54, 1.807) is 26.0 Å². The van der Waals surface area contributed by atoms with Gasteiger partial charge in [-0.1, -0.05) is 11.3 Å². The van der Waals surface area contributed by atoms with Crippen molar-refractivity contribution in [2.45, 2.75) is 32.2 Å². The first-order chi connectivity index (χ1) is 10.5. The average molecular weight is 322 g/mol. The number of tetrazole rings is 1. The predicted octanol–water partition coefficient (Wildman–Crippen LogP) is 0.519. The van der Waals surface area contributed by atoms with Crippen LogP contribution in [0.2, 0.25) is 0 Å². The number of thiophene rings is 1.